The first kappa shape index (κ1) is 15.7. The molecular formula is C14H16Cl2N4O. The number of imidazole rings is 1. The van der Waals surface area contributed by atoms with Crippen molar-refractivity contribution in [1.29, 1.82) is 0 Å². The van der Waals surface area contributed by atoms with Crippen LogP contribution in [0.4, 0.5) is 5.95 Å². The molecule has 1 aromatic heterocycles. The molecule has 0 saturated carbocycles. The Morgan fingerprint density at radius 1 is 1.33 bits per heavy atom. The molecule has 0 unspecified atom stereocenters. The average Bonchev–Trinajstić information content (AvgIpc) is 2.69. The van der Waals surface area contributed by atoms with E-state index in [0.717, 1.165) is 11.3 Å². The van der Waals surface area contributed by atoms with E-state index in [1.165, 1.54) is 4.68 Å². The summed E-state index contributed by atoms with van der Waals surface area (Å²) in [5, 5.41) is 5.09. The molecule has 1 aromatic carbocycles. The Balaban J connectivity index is 2.27. The molecule has 112 valence electrons. The van der Waals surface area contributed by atoms with Crippen LogP contribution in [0.15, 0.2) is 23.4 Å². The first-order valence-corrected chi connectivity index (χ1v) is 7.14. The van der Waals surface area contributed by atoms with E-state index >= 15 is 0 Å². The van der Waals surface area contributed by atoms with Crippen molar-refractivity contribution in [3.8, 4) is 5.75 Å². The number of hydrogen-bond donors (Lipinski definition) is 1. The second-order valence-corrected chi connectivity index (χ2v) is 5.62. The van der Waals surface area contributed by atoms with Crippen LogP contribution in [0, 0.1) is 6.92 Å². The first-order chi connectivity index (χ1) is 9.86. The third-order valence-electron chi connectivity index (χ3n) is 2.54. The molecule has 0 spiro atoms. The summed E-state index contributed by atoms with van der Waals surface area (Å²) in [6, 6.07) is 3.46. The second-order valence-electron chi connectivity index (χ2n) is 4.81. The number of ether oxygens (including phenoxy) is 1. The van der Waals surface area contributed by atoms with Crippen molar-refractivity contribution < 1.29 is 4.74 Å². The van der Waals surface area contributed by atoms with Gasteiger partial charge in [0.2, 0.25) is 5.95 Å². The van der Waals surface area contributed by atoms with Crippen molar-refractivity contribution in [2.24, 2.45) is 5.10 Å². The minimum atomic E-state index is -0.00626. The van der Waals surface area contributed by atoms with Crippen LogP contribution >= 0.6 is 23.2 Å². The predicted molar refractivity (Wildman–Crippen MR) is 86.6 cm³/mol. The molecule has 1 heterocycles. The Kier molecular flexibility index (Phi) is 4.75. The van der Waals surface area contributed by atoms with Gasteiger partial charge in [-0.2, -0.15) is 5.10 Å². The number of aryl methyl sites for hydroxylation is 1. The minimum Gasteiger partial charge on any atom is -0.488 e. The van der Waals surface area contributed by atoms with E-state index in [9.17, 15) is 0 Å². The van der Waals surface area contributed by atoms with E-state index in [0.29, 0.717) is 21.7 Å². The van der Waals surface area contributed by atoms with Crippen LogP contribution in [-0.2, 0) is 0 Å². The van der Waals surface area contributed by atoms with Gasteiger partial charge in [-0.25, -0.2) is 9.66 Å². The van der Waals surface area contributed by atoms with Crippen LogP contribution in [0.5, 0.6) is 5.75 Å². The topological polar surface area (TPSA) is 65.4 Å². The van der Waals surface area contributed by atoms with Gasteiger partial charge in [0.25, 0.3) is 0 Å². The molecule has 2 N–H and O–H groups in total. The number of halogens is 2. The standard InChI is InChI=1S/C14H16Cl2N4O/c1-8(2)21-13-11(15)4-10(5-12(13)16)6-18-20-7-9(3)19-14(20)17/h4-8H,1-3H3,(H2,17,19). The molecular weight excluding hydrogens is 311 g/mol. The lowest BCUT2D eigenvalue weighted by Crippen LogP contribution is -2.06. The molecule has 0 amide bonds. The second kappa shape index (κ2) is 6.37. The molecule has 2 aromatic rings. The SMILES string of the molecule is Cc1cn(N=Cc2cc(Cl)c(OC(C)C)c(Cl)c2)c(N)n1. The average molecular weight is 327 g/mol. The maximum atomic E-state index is 6.18. The van der Waals surface area contributed by atoms with Crippen molar-refractivity contribution in [1.82, 2.24) is 9.66 Å². The fourth-order valence-corrected chi connectivity index (χ4v) is 2.32. The smallest absolute Gasteiger partial charge is 0.221 e. The van der Waals surface area contributed by atoms with Gasteiger partial charge in [-0.15, -0.1) is 0 Å². The van der Waals surface area contributed by atoms with Crippen LogP contribution in [-0.4, -0.2) is 22.0 Å². The largest absolute Gasteiger partial charge is 0.488 e. The molecule has 0 aliphatic heterocycles. The number of anilines is 1. The third-order valence-corrected chi connectivity index (χ3v) is 3.10. The van der Waals surface area contributed by atoms with Crippen LogP contribution in [0.2, 0.25) is 10.0 Å². The molecule has 5 nitrogen and oxygen atoms in total. The minimum absolute atomic E-state index is 0.00626. The van der Waals surface area contributed by atoms with Crippen LogP contribution in [0.3, 0.4) is 0 Å². The van der Waals surface area contributed by atoms with Gasteiger partial charge >= 0.3 is 0 Å². The van der Waals surface area contributed by atoms with Gasteiger partial charge in [-0.1, -0.05) is 23.2 Å². The molecule has 0 aliphatic carbocycles. The summed E-state index contributed by atoms with van der Waals surface area (Å²) in [7, 11) is 0. The summed E-state index contributed by atoms with van der Waals surface area (Å²) >= 11 is 12.4. The van der Waals surface area contributed by atoms with E-state index in [-0.39, 0.29) is 6.10 Å². The van der Waals surface area contributed by atoms with E-state index < -0.39 is 0 Å². The lowest BCUT2D eigenvalue weighted by Gasteiger charge is -2.13. The third kappa shape index (κ3) is 3.89. The Bertz CT molecular complexity index is 657. The predicted octanol–water partition coefficient (Wildman–Crippen LogP) is 3.75. The highest BCUT2D eigenvalue weighted by molar-refractivity contribution is 6.37. The Labute approximate surface area is 133 Å². The molecule has 0 radical (unpaired) electrons. The Morgan fingerprint density at radius 3 is 2.43 bits per heavy atom. The Hall–Kier alpha value is -1.72. The van der Waals surface area contributed by atoms with Gasteiger partial charge in [-0.3, -0.25) is 0 Å². The van der Waals surface area contributed by atoms with Crippen LogP contribution < -0.4 is 10.5 Å². The molecule has 21 heavy (non-hydrogen) atoms. The molecule has 0 fully saturated rings. The summed E-state index contributed by atoms with van der Waals surface area (Å²) in [5.74, 6) is 0.796. The maximum Gasteiger partial charge on any atom is 0.221 e. The van der Waals surface area contributed by atoms with Gasteiger partial charge in [0.05, 0.1) is 34.3 Å². The lowest BCUT2D eigenvalue weighted by atomic mass is 10.2. The zero-order chi connectivity index (χ0) is 15.6. The number of nitrogens with zero attached hydrogens (tertiary/aromatic N) is 3. The molecule has 0 atom stereocenters. The highest BCUT2D eigenvalue weighted by Gasteiger charge is 2.10. The summed E-state index contributed by atoms with van der Waals surface area (Å²) in [6.07, 6.45) is 3.33. The fourth-order valence-electron chi connectivity index (χ4n) is 1.73. The highest BCUT2D eigenvalue weighted by atomic mass is 35.5. The van der Waals surface area contributed by atoms with Crippen molar-refractivity contribution in [3.05, 3.63) is 39.6 Å². The number of aromatic nitrogens is 2. The van der Waals surface area contributed by atoms with E-state index in [2.05, 4.69) is 10.1 Å². The van der Waals surface area contributed by atoms with Gasteiger partial charge in [0.1, 0.15) is 0 Å². The summed E-state index contributed by atoms with van der Waals surface area (Å²) in [5.41, 5.74) is 7.25. The number of hydrogen-bond acceptors (Lipinski definition) is 4. The number of nitrogen functional groups attached to an aromatic ring is 1. The summed E-state index contributed by atoms with van der Waals surface area (Å²) in [6.45, 7) is 5.66. The van der Waals surface area contributed by atoms with E-state index in [1.54, 1.807) is 24.5 Å². The van der Waals surface area contributed by atoms with E-state index in [1.807, 2.05) is 20.8 Å². The maximum absolute atomic E-state index is 6.18. The molecule has 0 aliphatic rings. The van der Waals surface area contributed by atoms with Gasteiger partial charge in [0.15, 0.2) is 5.75 Å². The van der Waals surface area contributed by atoms with Crippen LogP contribution in [0.1, 0.15) is 25.1 Å². The summed E-state index contributed by atoms with van der Waals surface area (Å²) in [4.78, 5) is 4.06. The van der Waals surface area contributed by atoms with Crippen molar-refractivity contribution in [2.45, 2.75) is 26.9 Å². The molecule has 7 heteroatoms. The zero-order valence-electron chi connectivity index (χ0n) is 12.0. The molecule has 2 rings (SSSR count). The van der Waals surface area contributed by atoms with Crippen molar-refractivity contribution >= 4 is 35.4 Å². The first-order valence-electron chi connectivity index (χ1n) is 6.38. The van der Waals surface area contributed by atoms with Crippen molar-refractivity contribution in [2.75, 3.05) is 5.73 Å². The van der Waals surface area contributed by atoms with Gasteiger partial charge < -0.3 is 10.5 Å². The van der Waals surface area contributed by atoms with Gasteiger partial charge in [-0.05, 0) is 38.5 Å². The zero-order valence-corrected chi connectivity index (χ0v) is 13.5. The Morgan fingerprint density at radius 2 is 1.95 bits per heavy atom. The number of benzene rings is 1. The molecule has 0 saturated heterocycles. The molecule has 0 bridgehead atoms. The monoisotopic (exact) mass is 326 g/mol. The fraction of sp³-hybridized carbons (Fsp3) is 0.286. The highest BCUT2D eigenvalue weighted by Crippen LogP contribution is 2.34. The van der Waals surface area contributed by atoms with Gasteiger partial charge in [0, 0.05) is 0 Å². The van der Waals surface area contributed by atoms with Crippen molar-refractivity contribution in [3.63, 3.8) is 0 Å². The quantitative estimate of drug-likeness (QED) is 0.870. The van der Waals surface area contributed by atoms with E-state index in [4.69, 9.17) is 33.7 Å². The summed E-state index contributed by atoms with van der Waals surface area (Å²) < 4.78 is 7.05. The normalized spacial score (nSPS) is 11.5. The number of nitrogens with two attached hydrogens (primary N) is 1. The lowest BCUT2D eigenvalue weighted by molar-refractivity contribution is 0.243. The van der Waals surface area contributed by atoms with Crippen LogP contribution in [0.25, 0.3) is 0 Å². The number of rotatable bonds is 4.